The zero-order chi connectivity index (χ0) is 18.5. The van der Waals surface area contributed by atoms with Crippen molar-refractivity contribution in [2.75, 3.05) is 28.6 Å². The molecule has 2 aromatic rings. The van der Waals surface area contributed by atoms with E-state index in [1.807, 2.05) is 19.1 Å². The number of hydrogen-bond donors (Lipinski definition) is 3. The fourth-order valence-electron chi connectivity index (χ4n) is 3.00. The van der Waals surface area contributed by atoms with E-state index in [2.05, 4.69) is 26.6 Å². The predicted octanol–water partition coefficient (Wildman–Crippen LogP) is 3.71. The number of amides is 2. The van der Waals surface area contributed by atoms with Crippen LogP contribution in [0.25, 0.3) is 0 Å². The molecule has 0 saturated carbocycles. The number of aliphatic carboxylic acids is 1. The minimum absolute atomic E-state index is 0.156. The maximum atomic E-state index is 12.3. The first-order valence-corrected chi connectivity index (χ1v) is 9.49. The summed E-state index contributed by atoms with van der Waals surface area (Å²) in [7, 11) is 0. The number of rotatable bonds is 5. The Bertz CT molecular complexity index is 799. The van der Waals surface area contributed by atoms with Crippen LogP contribution < -0.4 is 15.5 Å². The molecule has 0 spiro atoms. The average molecular weight is 374 g/mol. The number of aryl methyl sites for hydroxylation is 1. The molecular formula is C18H22N4O3S. The largest absolute Gasteiger partial charge is 0.481 e. The number of hydrogen-bond acceptors (Lipinski definition) is 5. The Labute approximate surface area is 156 Å². The topological polar surface area (TPSA) is 94.6 Å². The lowest BCUT2D eigenvalue weighted by molar-refractivity contribution is -0.136. The van der Waals surface area contributed by atoms with Crippen LogP contribution in [0.2, 0.25) is 0 Å². The molecule has 1 aromatic carbocycles. The Hall–Kier alpha value is -2.61. The third kappa shape index (κ3) is 4.72. The van der Waals surface area contributed by atoms with Crippen LogP contribution >= 0.6 is 11.3 Å². The van der Waals surface area contributed by atoms with Gasteiger partial charge >= 0.3 is 12.0 Å². The van der Waals surface area contributed by atoms with Gasteiger partial charge < -0.3 is 15.3 Å². The lowest BCUT2D eigenvalue weighted by Crippen LogP contribution is -2.31. The van der Waals surface area contributed by atoms with Crippen molar-refractivity contribution >= 4 is 39.8 Å². The van der Waals surface area contributed by atoms with Crippen molar-refractivity contribution in [3.63, 3.8) is 0 Å². The highest BCUT2D eigenvalue weighted by atomic mass is 32.1. The van der Waals surface area contributed by atoms with Gasteiger partial charge in [0.1, 0.15) is 0 Å². The van der Waals surface area contributed by atoms with Crippen LogP contribution in [0, 0.1) is 6.92 Å². The molecule has 0 radical (unpaired) electrons. The van der Waals surface area contributed by atoms with Crippen molar-refractivity contribution < 1.29 is 14.7 Å². The van der Waals surface area contributed by atoms with Crippen molar-refractivity contribution in [1.29, 1.82) is 0 Å². The number of anilines is 3. The summed E-state index contributed by atoms with van der Waals surface area (Å²) in [6.45, 7) is 4.02. The molecule has 1 fully saturated rings. The second kappa shape index (κ2) is 8.18. The Morgan fingerprint density at radius 2 is 2.00 bits per heavy atom. The number of nitrogens with zero attached hydrogens (tertiary/aromatic N) is 2. The van der Waals surface area contributed by atoms with Crippen LogP contribution in [0.1, 0.15) is 30.5 Å². The van der Waals surface area contributed by atoms with Crippen LogP contribution in [-0.4, -0.2) is 35.2 Å². The Balaban J connectivity index is 1.68. The van der Waals surface area contributed by atoms with E-state index in [1.54, 1.807) is 5.38 Å². The number of carboxylic acids is 1. The van der Waals surface area contributed by atoms with Crippen molar-refractivity contribution in [2.45, 2.75) is 32.6 Å². The average Bonchev–Trinajstić information content (AvgIpc) is 3.03. The number of carbonyl (C=O) groups excluding carboxylic acids is 1. The van der Waals surface area contributed by atoms with Crippen molar-refractivity contribution in [2.24, 2.45) is 0 Å². The van der Waals surface area contributed by atoms with Crippen LogP contribution in [0.5, 0.6) is 0 Å². The van der Waals surface area contributed by atoms with Crippen molar-refractivity contribution in [3.05, 3.63) is 34.8 Å². The Morgan fingerprint density at radius 1 is 1.23 bits per heavy atom. The molecule has 2 heterocycles. The third-order valence-corrected chi connectivity index (χ3v) is 5.01. The Morgan fingerprint density at radius 3 is 2.73 bits per heavy atom. The first-order valence-electron chi connectivity index (χ1n) is 8.61. The quantitative estimate of drug-likeness (QED) is 0.742. The van der Waals surface area contributed by atoms with Gasteiger partial charge in [0.2, 0.25) is 0 Å². The van der Waals surface area contributed by atoms with Gasteiger partial charge in [-0.25, -0.2) is 9.78 Å². The number of carboxylic acid groups (broad SMARTS) is 1. The molecule has 1 saturated heterocycles. The molecule has 3 rings (SSSR count). The highest BCUT2D eigenvalue weighted by Crippen LogP contribution is 2.30. The number of nitrogens with one attached hydrogen (secondary N) is 2. The van der Waals surface area contributed by atoms with Gasteiger partial charge in [-0.05, 0) is 43.9 Å². The number of urea groups is 1. The van der Waals surface area contributed by atoms with Crippen molar-refractivity contribution in [3.8, 4) is 0 Å². The van der Waals surface area contributed by atoms with E-state index in [0.29, 0.717) is 10.8 Å². The molecule has 0 aliphatic carbocycles. The van der Waals surface area contributed by atoms with E-state index >= 15 is 0 Å². The number of benzene rings is 1. The van der Waals surface area contributed by atoms with Crippen LogP contribution in [-0.2, 0) is 11.2 Å². The predicted molar refractivity (Wildman–Crippen MR) is 103 cm³/mol. The SMILES string of the molecule is Cc1ccc(NC(=O)Nc2nc(CC(=O)O)cs2)c(N2CCCCC2)c1. The van der Waals surface area contributed by atoms with E-state index in [-0.39, 0.29) is 12.5 Å². The van der Waals surface area contributed by atoms with Gasteiger partial charge in [-0.15, -0.1) is 11.3 Å². The monoisotopic (exact) mass is 374 g/mol. The highest BCUT2D eigenvalue weighted by molar-refractivity contribution is 7.14. The standard InChI is InChI=1S/C18H22N4O3S/c1-12-5-6-14(15(9-12)22-7-3-2-4-8-22)20-17(25)21-18-19-13(11-26-18)10-16(23)24/h5-6,9,11H,2-4,7-8,10H2,1H3,(H,23,24)(H2,19,20,21,25). The fraction of sp³-hybridized carbons (Fsp3) is 0.389. The molecule has 0 unspecified atom stereocenters. The van der Waals surface area contributed by atoms with E-state index in [1.165, 1.54) is 17.8 Å². The molecule has 1 aromatic heterocycles. The smallest absolute Gasteiger partial charge is 0.325 e. The van der Waals surface area contributed by atoms with Gasteiger partial charge in [-0.3, -0.25) is 10.1 Å². The van der Waals surface area contributed by atoms with Gasteiger partial charge in [0, 0.05) is 18.5 Å². The fourth-order valence-corrected chi connectivity index (χ4v) is 3.70. The summed E-state index contributed by atoms with van der Waals surface area (Å²) in [6.07, 6.45) is 3.40. The lowest BCUT2D eigenvalue weighted by Gasteiger charge is -2.30. The van der Waals surface area contributed by atoms with Gasteiger partial charge in [0.05, 0.1) is 23.5 Å². The minimum Gasteiger partial charge on any atom is -0.481 e. The number of carbonyl (C=O) groups is 2. The summed E-state index contributed by atoms with van der Waals surface area (Å²) >= 11 is 1.21. The first-order chi connectivity index (χ1) is 12.5. The second-order valence-corrected chi connectivity index (χ2v) is 7.22. The van der Waals surface area contributed by atoms with Crippen LogP contribution in [0.15, 0.2) is 23.6 Å². The third-order valence-electron chi connectivity index (χ3n) is 4.20. The van der Waals surface area contributed by atoms with Crippen molar-refractivity contribution in [1.82, 2.24) is 4.98 Å². The summed E-state index contributed by atoms with van der Waals surface area (Å²) in [5.74, 6) is -0.947. The molecule has 8 heteroatoms. The van der Waals surface area contributed by atoms with E-state index in [9.17, 15) is 9.59 Å². The van der Waals surface area contributed by atoms with Crippen LogP contribution in [0.4, 0.5) is 21.3 Å². The van der Waals surface area contributed by atoms with Gasteiger partial charge in [0.15, 0.2) is 5.13 Å². The molecule has 7 nitrogen and oxygen atoms in total. The summed E-state index contributed by atoms with van der Waals surface area (Å²) in [6, 6.07) is 5.59. The number of thiazole rings is 1. The molecular weight excluding hydrogens is 352 g/mol. The van der Waals surface area contributed by atoms with Gasteiger partial charge in [-0.1, -0.05) is 6.07 Å². The molecule has 1 aliphatic heterocycles. The molecule has 0 bridgehead atoms. The zero-order valence-corrected chi connectivity index (χ0v) is 15.4. The zero-order valence-electron chi connectivity index (χ0n) is 14.6. The normalized spacial score (nSPS) is 14.1. The van der Waals surface area contributed by atoms with E-state index in [0.717, 1.165) is 42.9 Å². The summed E-state index contributed by atoms with van der Waals surface area (Å²) in [4.78, 5) is 29.5. The molecule has 26 heavy (non-hydrogen) atoms. The number of piperidine rings is 1. The maximum Gasteiger partial charge on any atom is 0.325 e. The number of aromatic nitrogens is 1. The van der Waals surface area contributed by atoms with Gasteiger partial charge in [0.25, 0.3) is 0 Å². The summed E-state index contributed by atoms with van der Waals surface area (Å²) in [5, 5.41) is 16.4. The van der Waals surface area contributed by atoms with E-state index in [4.69, 9.17) is 5.11 Å². The molecule has 3 N–H and O–H groups in total. The summed E-state index contributed by atoms with van der Waals surface area (Å²) in [5.41, 5.74) is 3.37. The van der Waals surface area contributed by atoms with E-state index < -0.39 is 5.97 Å². The Kier molecular flexibility index (Phi) is 5.72. The maximum absolute atomic E-state index is 12.3. The van der Waals surface area contributed by atoms with Gasteiger partial charge in [-0.2, -0.15) is 0 Å². The summed E-state index contributed by atoms with van der Waals surface area (Å²) < 4.78 is 0. The molecule has 1 aliphatic rings. The lowest BCUT2D eigenvalue weighted by atomic mass is 10.1. The van der Waals surface area contributed by atoms with Crippen LogP contribution in [0.3, 0.4) is 0 Å². The molecule has 0 atom stereocenters. The first kappa shape index (κ1) is 18.2. The highest BCUT2D eigenvalue weighted by Gasteiger charge is 2.17. The second-order valence-electron chi connectivity index (χ2n) is 6.36. The molecule has 2 amide bonds. The molecule has 138 valence electrons. The minimum atomic E-state index is -0.947.